The normalized spacial score (nSPS) is 16.2. The van der Waals surface area contributed by atoms with Gasteiger partial charge in [0.1, 0.15) is 11.6 Å². The molecule has 0 aliphatic carbocycles. The van der Waals surface area contributed by atoms with Gasteiger partial charge in [-0.15, -0.1) is 0 Å². The van der Waals surface area contributed by atoms with E-state index in [1.165, 1.54) is 6.07 Å². The average molecular weight is 481 g/mol. The van der Waals surface area contributed by atoms with E-state index >= 15 is 0 Å². The maximum Gasteiger partial charge on any atom is 0.416 e. The minimum Gasteiger partial charge on any atom is -0.399 e. The number of pyridine rings is 1. The van der Waals surface area contributed by atoms with Crippen molar-refractivity contribution in [3.05, 3.63) is 46.9 Å². The Morgan fingerprint density at radius 3 is 2.58 bits per heavy atom. The molecule has 11 heteroatoms. The lowest BCUT2D eigenvalue weighted by Gasteiger charge is -2.32. The monoisotopic (exact) mass is 480 g/mol. The Bertz CT molecular complexity index is 1150. The number of alkyl halides is 3. The number of nitrogens with one attached hydrogen (secondary N) is 1. The summed E-state index contributed by atoms with van der Waals surface area (Å²) in [6.45, 7) is 3.33. The second kappa shape index (κ2) is 9.18. The molecule has 0 amide bonds. The number of piperidine rings is 1. The van der Waals surface area contributed by atoms with E-state index in [4.69, 9.17) is 22.1 Å². The van der Waals surface area contributed by atoms with Crippen molar-refractivity contribution in [2.45, 2.75) is 38.1 Å². The summed E-state index contributed by atoms with van der Waals surface area (Å²) in [6.07, 6.45) is -0.842. The molecule has 1 saturated heterocycles. The van der Waals surface area contributed by atoms with Crippen LogP contribution in [0.15, 0.2) is 30.5 Å². The Morgan fingerprint density at radius 1 is 1.18 bits per heavy atom. The highest BCUT2D eigenvalue weighted by molar-refractivity contribution is 6.28. The number of fused-ring (bicyclic) bond motifs is 1. The number of anilines is 3. The van der Waals surface area contributed by atoms with Crippen molar-refractivity contribution in [2.24, 2.45) is 0 Å². The van der Waals surface area contributed by atoms with E-state index in [2.05, 4.69) is 25.2 Å². The third-order valence-electron chi connectivity index (χ3n) is 5.80. The first-order valence-corrected chi connectivity index (χ1v) is 10.9. The summed E-state index contributed by atoms with van der Waals surface area (Å²) in [7, 11) is 1.72. The molecule has 1 fully saturated rings. The van der Waals surface area contributed by atoms with Crippen LogP contribution in [0, 0.1) is 0 Å². The van der Waals surface area contributed by atoms with Crippen LogP contribution in [0.5, 0.6) is 0 Å². The molecule has 0 unspecified atom stereocenters. The molecule has 176 valence electrons. The molecule has 1 atom stereocenters. The number of nitrogens with two attached hydrogens (primary N) is 1. The van der Waals surface area contributed by atoms with Gasteiger partial charge in [0, 0.05) is 31.3 Å². The second-order valence-corrected chi connectivity index (χ2v) is 8.41. The summed E-state index contributed by atoms with van der Waals surface area (Å²) in [4.78, 5) is 15.2. The molecular formula is C22H24ClF3N6O. The summed E-state index contributed by atoms with van der Waals surface area (Å²) in [5.41, 5.74) is 5.86. The molecule has 1 aromatic carbocycles. The molecule has 0 bridgehead atoms. The number of aromatic nitrogens is 3. The third-order valence-corrected chi connectivity index (χ3v) is 5.97. The van der Waals surface area contributed by atoms with E-state index in [1.54, 1.807) is 20.2 Å². The van der Waals surface area contributed by atoms with Gasteiger partial charge in [0.2, 0.25) is 5.28 Å². The molecule has 3 aromatic rings. The summed E-state index contributed by atoms with van der Waals surface area (Å²) >= 11 is 6.10. The van der Waals surface area contributed by atoms with Crippen LogP contribution in [-0.4, -0.2) is 41.3 Å². The molecule has 2 aromatic heterocycles. The first-order valence-electron chi connectivity index (χ1n) is 10.5. The van der Waals surface area contributed by atoms with Crippen molar-refractivity contribution in [2.75, 3.05) is 36.1 Å². The van der Waals surface area contributed by atoms with Crippen LogP contribution in [0.4, 0.5) is 30.5 Å². The molecule has 3 heterocycles. The summed E-state index contributed by atoms with van der Waals surface area (Å²) in [5.74, 6) is 1.17. The van der Waals surface area contributed by atoms with Crippen molar-refractivity contribution < 1.29 is 17.9 Å². The van der Waals surface area contributed by atoms with Gasteiger partial charge in [-0.3, -0.25) is 0 Å². The number of methoxy groups -OCH3 is 1. The van der Waals surface area contributed by atoms with Crippen LogP contribution < -0.4 is 16.0 Å². The maximum absolute atomic E-state index is 13.2. The molecule has 1 aliphatic rings. The molecule has 3 N–H and O–H groups in total. The quantitative estimate of drug-likeness (QED) is 0.389. The van der Waals surface area contributed by atoms with Crippen LogP contribution in [0.25, 0.3) is 10.9 Å². The number of benzene rings is 1. The van der Waals surface area contributed by atoms with E-state index in [1.807, 2.05) is 6.07 Å². The van der Waals surface area contributed by atoms with Crippen molar-refractivity contribution in [3.8, 4) is 0 Å². The second-order valence-electron chi connectivity index (χ2n) is 8.08. The van der Waals surface area contributed by atoms with Crippen LogP contribution in [0.1, 0.15) is 36.9 Å². The smallest absolute Gasteiger partial charge is 0.399 e. The summed E-state index contributed by atoms with van der Waals surface area (Å²) in [5, 5.41) is 3.85. The summed E-state index contributed by atoms with van der Waals surface area (Å²) < 4.78 is 45.1. The van der Waals surface area contributed by atoms with Gasteiger partial charge < -0.3 is 20.7 Å². The van der Waals surface area contributed by atoms with Gasteiger partial charge in [0.25, 0.3) is 0 Å². The Kier molecular flexibility index (Phi) is 6.49. The van der Waals surface area contributed by atoms with E-state index in [0.29, 0.717) is 22.3 Å². The highest BCUT2D eigenvalue weighted by Crippen LogP contribution is 2.34. The minimum atomic E-state index is -4.49. The number of hydrogen-bond acceptors (Lipinski definition) is 7. The van der Waals surface area contributed by atoms with Gasteiger partial charge in [-0.05, 0) is 61.2 Å². The van der Waals surface area contributed by atoms with Gasteiger partial charge in [-0.2, -0.15) is 13.2 Å². The molecular weight excluding hydrogens is 457 g/mol. The highest BCUT2D eigenvalue weighted by atomic mass is 35.5. The predicted molar refractivity (Wildman–Crippen MR) is 122 cm³/mol. The molecule has 0 saturated carbocycles. The fourth-order valence-corrected chi connectivity index (χ4v) is 4.15. The van der Waals surface area contributed by atoms with Crippen molar-refractivity contribution in [1.82, 2.24) is 15.0 Å². The van der Waals surface area contributed by atoms with Crippen LogP contribution in [0.3, 0.4) is 0 Å². The molecule has 0 radical (unpaired) electrons. The Balaban J connectivity index is 1.65. The predicted octanol–water partition coefficient (Wildman–Crippen LogP) is 5.07. The van der Waals surface area contributed by atoms with Gasteiger partial charge in [-0.25, -0.2) is 15.0 Å². The molecule has 4 rings (SSSR count). The van der Waals surface area contributed by atoms with Crippen LogP contribution in [-0.2, 0) is 10.9 Å². The van der Waals surface area contributed by atoms with Crippen molar-refractivity contribution >= 4 is 39.8 Å². The van der Waals surface area contributed by atoms with E-state index in [9.17, 15) is 13.2 Å². The lowest BCUT2D eigenvalue weighted by molar-refractivity contribution is -0.137. The molecule has 0 spiro atoms. The van der Waals surface area contributed by atoms with E-state index in [-0.39, 0.29) is 17.1 Å². The zero-order valence-corrected chi connectivity index (χ0v) is 18.9. The number of nitrogens with zero attached hydrogens (tertiary/aromatic N) is 4. The zero-order valence-electron chi connectivity index (χ0n) is 18.2. The maximum atomic E-state index is 13.2. The third kappa shape index (κ3) is 5.22. The molecule has 33 heavy (non-hydrogen) atoms. The molecule has 7 nitrogen and oxygen atoms in total. The van der Waals surface area contributed by atoms with Crippen LogP contribution in [0.2, 0.25) is 5.28 Å². The fourth-order valence-electron chi connectivity index (χ4n) is 3.97. The first kappa shape index (κ1) is 23.3. The van der Waals surface area contributed by atoms with Crippen molar-refractivity contribution in [1.29, 1.82) is 0 Å². The lowest BCUT2D eigenvalue weighted by Crippen LogP contribution is -2.37. The van der Waals surface area contributed by atoms with Gasteiger partial charge in [-0.1, -0.05) is 0 Å². The Labute approximate surface area is 194 Å². The largest absolute Gasteiger partial charge is 0.416 e. The number of ether oxygens (including phenoxy) is 1. The standard InChI is InChI=1S/C22H24ClF3N6O/c1-12(13-7-14(22(24,25)26)9-15(27)8-13)29-20-17-10-19(28-11-18(17)30-21(23)31-20)32-5-3-16(33-2)4-6-32/h7-12,16H,3-6,27H2,1-2H3,(H,29,30,31)/t12-/m1/s1. The van der Waals surface area contributed by atoms with Crippen LogP contribution >= 0.6 is 11.6 Å². The number of halogens is 4. The van der Waals surface area contributed by atoms with Crippen molar-refractivity contribution in [3.63, 3.8) is 0 Å². The average Bonchev–Trinajstić information content (AvgIpc) is 2.78. The van der Waals surface area contributed by atoms with Gasteiger partial charge >= 0.3 is 6.18 Å². The van der Waals surface area contributed by atoms with Gasteiger partial charge in [0.05, 0.1) is 29.4 Å². The number of nitrogen functional groups attached to an aromatic ring is 1. The first-order chi connectivity index (χ1) is 15.6. The van der Waals surface area contributed by atoms with E-state index < -0.39 is 17.8 Å². The Hall–Kier alpha value is -2.85. The topological polar surface area (TPSA) is 89.2 Å². The highest BCUT2D eigenvalue weighted by Gasteiger charge is 2.31. The fraction of sp³-hybridized carbons (Fsp3) is 0.409. The lowest BCUT2D eigenvalue weighted by atomic mass is 10.0. The minimum absolute atomic E-state index is 0.0104. The number of rotatable bonds is 5. The SMILES string of the molecule is COC1CCN(c2cc3c(N[C@H](C)c4cc(N)cc(C(F)(F)F)c4)nc(Cl)nc3cn2)CC1. The molecule has 1 aliphatic heterocycles. The Morgan fingerprint density at radius 2 is 1.91 bits per heavy atom. The summed E-state index contributed by atoms with van der Waals surface area (Å²) in [6, 6.07) is 4.83. The van der Waals surface area contributed by atoms with Gasteiger partial charge in [0.15, 0.2) is 0 Å². The zero-order chi connectivity index (χ0) is 23.8. The van der Waals surface area contributed by atoms with E-state index in [0.717, 1.165) is 43.9 Å². The number of hydrogen-bond donors (Lipinski definition) is 2.